The normalized spacial score (nSPS) is 11.6. The zero-order chi connectivity index (χ0) is 18.2. The molecular weight excluding hydrogens is 326 g/mol. The standard InChI is InChI=1S/C16H21N5O4/c1-4-25-13-8-6-5-7-12(13)20-16-14(21(22)23)15(17-10-18-16)19-11(2)9-24-3/h5-8,10-11H,4,9H2,1-3H3,(H2,17,18,19,20). The summed E-state index contributed by atoms with van der Waals surface area (Å²) in [5.74, 6) is 0.792. The molecule has 0 spiro atoms. The van der Waals surface area contributed by atoms with Crippen LogP contribution in [0.3, 0.4) is 0 Å². The van der Waals surface area contributed by atoms with Crippen LogP contribution in [0.5, 0.6) is 5.75 Å². The summed E-state index contributed by atoms with van der Waals surface area (Å²) < 4.78 is 10.6. The lowest BCUT2D eigenvalue weighted by Crippen LogP contribution is -2.22. The highest BCUT2D eigenvalue weighted by molar-refractivity contribution is 5.75. The van der Waals surface area contributed by atoms with Crippen LogP contribution in [-0.2, 0) is 4.74 Å². The van der Waals surface area contributed by atoms with Crippen LogP contribution in [0.15, 0.2) is 30.6 Å². The Morgan fingerprint density at radius 2 is 2.00 bits per heavy atom. The van der Waals surface area contributed by atoms with Crippen molar-refractivity contribution in [2.24, 2.45) is 0 Å². The van der Waals surface area contributed by atoms with E-state index >= 15 is 0 Å². The summed E-state index contributed by atoms with van der Waals surface area (Å²) in [4.78, 5) is 19.1. The third-order valence-corrected chi connectivity index (χ3v) is 3.24. The molecule has 1 aromatic heterocycles. The first-order valence-electron chi connectivity index (χ1n) is 7.80. The summed E-state index contributed by atoms with van der Waals surface area (Å²) in [5.41, 5.74) is 0.346. The fourth-order valence-electron chi connectivity index (χ4n) is 2.25. The molecule has 0 fully saturated rings. The molecule has 25 heavy (non-hydrogen) atoms. The Balaban J connectivity index is 2.36. The molecule has 1 atom stereocenters. The molecule has 2 aromatic rings. The smallest absolute Gasteiger partial charge is 0.353 e. The van der Waals surface area contributed by atoms with Gasteiger partial charge in [-0.05, 0) is 26.0 Å². The Kier molecular flexibility index (Phi) is 6.47. The molecule has 0 saturated carbocycles. The number of para-hydroxylation sites is 2. The number of nitrogens with zero attached hydrogens (tertiary/aromatic N) is 3. The minimum atomic E-state index is -0.520. The van der Waals surface area contributed by atoms with E-state index in [2.05, 4.69) is 20.6 Å². The molecule has 0 bridgehead atoms. The Bertz CT molecular complexity index is 725. The fraction of sp³-hybridized carbons (Fsp3) is 0.375. The monoisotopic (exact) mass is 347 g/mol. The largest absolute Gasteiger partial charge is 0.492 e. The fourth-order valence-corrected chi connectivity index (χ4v) is 2.25. The predicted molar refractivity (Wildman–Crippen MR) is 94.5 cm³/mol. The van der Waals surface area contributed by atoms with Gasteiger partial charge in [0, 0.05) is 13.2 Å². The van der Waals surface area contributed by atoms with Gasteiger partial charge in [0.05, 0.1) is 23.8 Å². The molecule has 0 aliphatic carbocycles. The number of anilines is 3. The highest BCUT2D eigenvalue weighted by Crippen LogP contribution is 2.34. The number of nitrogens with one attached hydrogen (secondary N) is 2. The van der Waals surface area contributed by atoms with Crippen molar-refractivity contribution in [3.05, 3.63) is 40.7 Å². The quantitative estimate of drug-likeness (QED) is 0.526. The topological polar surface area (TPSA) is 111 Å². The first-order valence-corrected chi connectivity index (χ1v) is 7.80. The number of hydrogen-bond acceptors (Lipinski definition) is 8. The van der Waals surface area contributed by atoms with Gasteiger partial charge in [-0.1, -0.05) is 12.1 Å². The van der Waals surface area contributed by atoms with Crippen LogP contribution >= 0.6 is 0 Å². The molecule has 0 aliphatic heterocycles. The molecule has 0 amide bonds. The minimum absolute atomic E-state index is 0.0827. The van der Waals surface area contributed by atoms with Gasteiger partial charge >= 0.3 is 5.69 Å². The summed E-state index contributed by atoms with van der Waals surface area (Å²) in [6.45, 7) is 4.57. The van der Waals surface area contributed by atoms with Gasteiger partial charge < -0.3 is 20.1 Å². The lowest BCUT2D eigenvalue weighted by molar-refractivity contribution is -0.383. The molecule has 1 aromatic carbocycles. The van der Waals surface area contributed by atoms with Crippen LogP contribution in [0.1, 0.15) is 13.8 Å². The van der Waals surface area contributed by atoms with Gasteiger partial charge in [0.15, 0.2) is 0 Å². The molecule has 0 saturated heterocycles. The minimum Gasteiger partial charge on any atom is -0.492 e. The van der Waals surface area contributed by atoms with Gasteiger partial charge in [-0.25, -0.2) is 9.97 Å². The van der Waals surface area contributed by atoms with Gasteiger partial charge in [-0.2, -0.15) is 0 Å². The predicted octanol–water partition coefficient (Wildman–Crippen LogP) is 2.97. The molecule has 1 heterocycles. The van der Waals surface area contributed by atoms with Crippen LogP contribution < -0.4 is 15.4 Å². The Morgan fingerprint density at radius 3 is 2.68 bits per heavy atom. The summed E-state index contributed by atoms with van der Waals surface area (Å²) in [6, 6.07) is 7.01. The molecule has 1 unspecified atom stereocenters. The van der Waals surface area contributed by atoms with Gasteiger partial charge in [0.25, 0.3) is 0 Å². The Hall–Kier alpha value is -2.94. The molecule has 134 valence electrons. The maximum Gasteiger partial charge on any atom is 0.353 e. The van der Waals surface area contributed by atoms with E-state index in [1.807, 2.05) is 19.9 Å². The molecule has 0 aliphatic rings. The average molecular weight is 347 g/mol. The number of aromatic nitrogens is 2. The second kappa shape index (κ2) is 8.78. The molecule has 9 heteroatoms. The zero-order valence-corrected chi connectivity index (χ0v) is 14.4. The van der Waals surface area contributed by atoms with Crippen LogP contribution in [0, 0.1) is 10.1 Å². The van der Waals surface area contributed by atoms with E-state index in [9.17, 15) is 10.1 Å². The second-order valence-electron chi connectivity index (χ2n) is 5.23. The van der Waals surface area contributed by atoms with Gasteiger partial charge in [0.2, 0.25) is 11.6 Å². The molecule has 9 nitrogen and oxygen atoms in total. The number of ether oxygens (including phenoxy) is 2. The summed E-state index contributed by atoms with van der Waals surface area (Å²) in [7, 11) is 1.56. The Labute approximate surface area is 145 Å². The van der Waals surface area contributed by atoms with Crippen LogP contribution in [-0.4, -0.2) is 41.3 Å². The molecule has 2 N–H and O–H groups in total. The van der Waals surface area contributed by atoms with Crippen LogP contribution in [0.4, 0.5) is 23.0 Å². The highest BCUT2D eigenvalue weighted by atomic mass is 16.6. The van der Waals surface area contributed by atoms with E-state index < -0.39 is 4.92 Å². The highest BCUT2D eigenvalue weighted by Gasteiger charge is 2.24. The Morgan fingerprint density at radius 1 is 1.28 bits per heavy atom. The maximum atomic E-state index is 11.6. The molecular formula is C16H21N5O4. The summed E-state index contributed by atoms with van der Waals surface area (Å²) in [6.07, 6.45) is 1.26. The van der Waals surface area contributed by atoms with E-state index in [1.54, 1.807) is 25.3 Å². The van der Waals surface area contributed by atoms with E-state index in [4.69, 9.17) is 9.47 Å². The lowest BCUT2D eigenvalue weighted by Gasteiger charge is -2.15. The van der Waals surface area contributed by atoms with Crippen molar-refractivity contribution in [3.8, 4) is 5.75 Å². The SMILES string of the molecule is CCOc1ccccc1Nc1ncnc(NC(C)COC)c1[N+](=O)[O-]. The first-order chi connectivity index (χ1) is 12.1. The van der Waals surface area contributed by atoms with Gasteiger partial charge in [-0.3, -0.25) is 10.1 Å². The van der Waals surface area contributed by atoms with Crippen LogP contribution in [0.2, 0.25) is 0 Å². The van der Waals surface area contributed by atoms with Crippen molar-refractivity contribution in [1.82, 2.24) is 9.97 Å². The van der Waals surface area contributed by atoms with Crippen LogP contribution in [0.25, 0.3) is 0 Å². The van der Waals surface area contributed by atoms with Crippen molar-refractivity contribution >= 4 is 23.0 Å². The summed E-state index contributed by atoms with van der Waals surface area (Å²) in [5, 5.41) is 17.5. The van der Waals surface area contributed by atoms with Crippen molar-refractivity contribution in [1.29, 1.82) is 0 Å². The second-order valence-corrected chi connectivity index (χ2v) is 5.23. The van der Waals surface area contributed by atoms with E-state index in [-0.39, 0.29) is 23.4 Å². The lowest BCUT2D eigenvalue weighted by atomic mass is 10.2. The number of rotatable bonds is 9. The van der Waals surface area contributed by atoms with E-state index in [0.717, 1.165) is 0 Å². The zero-order valence-electron chi connectivity index (χ0n) is 14.4. The third kappa shape index (κ3) is 4.77. The number of hydrogen-bond donors (Lipinski definition) is 2. The number of benzene rings is 1. The molecule has 2 rings (SSSR count). The van der Waals surface area contributed by atoms with Crippen molar-refractivity contribution < 1.29 is 14.4 Å². The molecule has 0 radical (unpaired) electrons. The van der Waals surface area contributed by atoms with Gasteiger partial charge in [0.1, 0.15) is 12.1 Å². The van der Waals surface area contributed by atoms with E-state index in [1.165, 1.54) is 6.33 Å². The number of methoxy groups -OCH3 is 1. The average Bonchev–Trinajstić information content (AvgIpc) is 2.57. The maximum absolute atomic E-state index is 11.6. The van der Waals surface area contributed by atoms with Gasteiger partial charge in [-0.15, -0.1) is 0 Å². The first kappa shape index (κ1) is 18.4. The van der Waals surface area contributed by atoms with Crippen molar-refractivity contribution in [3.63, 3.8) is 0 Å². The van der Waals surface area contributed by atoms with Crippen molar-refractivity contribution in [2.45, 2.75) is 19.9 Å². The summed E-state index contributed by atoms with van der Waals surface area (Å²) >= 11 is 0. The third-order valence-electron chi connectivity index (χ3n) is 3.24. The van der Waals surface area contributed by atoms with Crippen molar-refractivity contribution in [2.75, 3.05) is 31.0 Å². The van der Waals surface area contributed by atoms with E-state index in [0.29, 0.717) is 24.7 Å². The number of nitro groups is 1.